The molecule has 0 spiro atoms. The minimum absolute atomic E-state index is 0.332. The summed E-state index contributed by atoms with van der Waals surface area (Å²) in [5, 5.41) is 0. The number of hydrogen-bond acceptors (Lipinski definition) is 3. The van der Waals surface area contributed by atoms with Gasteiger partial charge in [-0.3, -0.25) is 4.90 Å². The summed E-state index contributed by atoms with van der Waals surface area (Å²) in [6.45, 7) is 6.05. The van der Waals surface area contributed by atoms with Crippen molar-refractivity contribution in [3.05, 3.63) is 29.8 Å². The van der Waals surface area contributed by atoms with Crippen molar-refractivity contribution in [3.8, 4) is 5.75 Å². The zero-order valence-electron chi connectivity index (χ0n) is 11.3. The first-order chi connectivity index (χ1) is 8.75. The normalized spacial score (nSPS) is 17.7. The Hall–Kier alpha value is -1.06. The Morgan fingerprint density at radius 1 is 1.33 bits per heavy atom. The van der Waals surface area contributed by atoms with E-state index in [1.165, 1.54) is 18.4 Å². The van der Waals surface area contributed by atoms with Crippen molar-refractivity contribution in [2.45, 2.75) is 38.8 Å². The first kappa shape index (κ1) is 13.4. The van der Waals surface area contributed by atoms with Crippen LogP contribution in [0.3, 0.4) is 0 Å². The molecule has 1 aromatic carbocycles. The van der Waals surface area contributed by atoms with Crippen LogP contribution in [0.5, 0.6) is 5.75 Å². The van der Waals surface area contributed by atoms with E-state index in [9.17, 15) is 0 Å². The number of nitrogens with zero attached hydrogens (tertiary/aromatic N) is 1. The van der Waals surface area contributed by atoms with Crippen molar-refractivity contribution in [1.82, 2.24) is 4.90 Å². The van der Waals surface area contributed by atoms with Crippen molar-refractivity contribution in [1.29, 1.82) is 0 Å². The molecule has 3 nitrogen and oxygen atoms in total. The highest BCUT2D eigenvalue weighted by Crippen LogP contribution is 2.22. The predicted octanol–water partition coefficient (Wildman–Crippen LogP) is 2.40. The molecule has 0 saturated heterocycles. The Kier molecular flexibility index (Phi) is 5.02. The van der Waals surface area contributed by atoms with Crippen LogP contribution in [-0.2, 0) is 6.54 Å². The molecule has 1 atom stereocenters. The Labute approximate surface area is 110 Å². The second-order valence-corrected chi connectivity index (χ2v) is 5.21. The molecule has 3 heteroatoms. The molecule has 0 bridgehead atoms. The molecule has 1 heterocycles. The molecule has 2 rings (SSSR count). The highest BCUT2D eigenvalue weighted by atomic mass is 16.5. The third-order valence-electron chi connectivity index (χ3n) is 3.42. The van der Waals surface area contributed by atoms with Crippen LogP contribution < -0.4 is 10.5 Å². The lowest BCUT2D eigenvalue weighted by molar-refractivity contribution is 0.222. The molecular weight excluding hydrogens is 224 g/mol. The van der Waals surface area contributed by atoms with Gasteiger partial charge in [-0.15, -0.1) is 0 Å². The maximum atomic E-state index is 5.77. The minimum Gasteiger partial charge on any atom is -0.492 e. The molecule has 0 amide bonds. The zero-order chi connectivity index (χ0) is 12.8. The lowest BCUT2D eigenvalue weighted by atomic mass is 10.1. The molecule has 0 aliphatic carbocycles. The van der Waals surface area contributed by atoms with Crippen molar-refractivity contribution in [2.75, 3.05) is 19.7 Å². The largest absolute Gasteiger partial charge is 0.492 e. The third kappa shape index (κ3) is 4.00. The molecule has 0 aromatic heterocycles. The van der Waals surface area contributed by atoms with Crippen molar-refractivity contribution >= 4 is 0 Å². The topological polar surface area (TPSA) is 38.5 Å². The minimum atomic E-state index is 0.332. The van der Waals surface area contributed by atoms with E-state index in [2.05, 4.69) is 30.0 Å². The van der Waals surface area contributed by atoms with Crippen molar-refractivity contribution < 1.29 is 4.74 Å². The lowest BCUT2D eigenvalue weighted by Crippen LogP contribution is -2.27. The number of unbranched alkanes of at least 4 members (excludes halogenated alkanes) is 1. The molecule has 2 N–H and O–H groups in total. The molecule has 18 heavy (non-hydrogen) atoms. The average molecular weight is 248 g/mol. The van der Waals surface area contributed by atoms with E-state index in [0.29, 0.717) is 6.04 Å². The van der Waals surface area contributed by atoms with E-state index in [0.717, 1.165) is 38.4 Å². The smallest absolute Gasteiger partial charge is 0.123 e. The van der Waals surface area contributed by atoms with Gasteiger partial charge in [0.2, 0.25) is 0 Å². The Bertz CT molecular complexity index is 365. The van der Waals surface area contributed by atoms with Crippen LogP contribution >= 0.6 is 0 Å². The fourth-order valence-corrected chi connectivity index (χ4v) is 2.37. The van der Waals surface area contributed by atoms with E-state index in [1.54, 1.807) is 0 Å². The number of fused-ring (bicyclic) bond motifs is 1. The number of benzene rings is 1. The van der Waals surface area contributed by atoms with Crippen LogP contribution in [0.15, 0.2) is 24.3 Å². The highest BCUT2D eigenvalue weighted by Gasteiger charge is 2.14. The predicted molar refractivity (Wildman–Crippen MR) is 74.7 cm³/mol. The molecule has 1 unspecified atom stereocenters. The average Bonchev–Trinajstić information content (AvgIpc) is 2.56. The van der Waals surface area contributed by atoms with Gasteiger partial charge < -0.3 is 10.5 Å². The SMILES string of the molecule is CC(N)CCCCN1CCOc2ccccc2C1. The summed E-state index contributed by atoms with van der Waals surface area (Å²) in [5.74, 6) is 1.05. The van der Waals surface area contributed by atoms with Crippen LogP contribution in [0, 0.1) is 0 Å². The Morgan fingerprint density at radius 3 is 3.00 bits per heavy atom. The van der Waals surface area contributed by atoms with Gasteiger partial charge in [-0.2, -0.15) is 0 Å². The van der Waals surface area contributed by atoms with Crippen LogP contribution in [0.1, 0.15) is 31.7 Å². The maximum Gasteiger partial charge on any atom is 0.123 e. The quantitative estimate of drug-likeness (QED) is 0.813. The molecule has 100 valence electrons. The molecular formula is C15H24N2O. The molecule has 0 saturated carbocycles. The van der Waals surface area contributed by atoms with Crippen molar-refractivity contribution in [3.63, 3.8) is 0 Å². The van der Waals surface area contributed by atoms with Crippen LogP contribution in [-0.4, -0.2) is 30.6 Å². The summed E-state index contributed by atoms with van der Waals surface area (Å²) in [7, 11) is 0. The number of nitrogens with two attached hydrogens (primary N) is 1. The van der Waals surface area contributed by atoms with E-state index in [1.807, 2.05) is 6.07 Å². The van der Waals surface area contributed by atoms with Gasteiger partial charge in [0.05, 0.1) is 0 Å². The third-order valence-corrected chi connectivity index (χ3v) is 3.42. The second kappa shape index (κ2) is 6.76. The molecule has 1 aliphatic heterocycles. The highest BCUT2D eigenvalue weighted by molar-refractivity contribution is 5.33. The second-order valence-electron chi connectivity index (χ2n) is 5.21. The summed E-state index contributed by atoms with van der Waals surface area (Å²) in [4.78, 5) is 2.48. The van der Waals surface area contributed by atoms with E-state index in [4.69, 9.17) is 10.5 Å². The van der Waals surface area contributed by atoms with Gasteiger partial charge in [-0.25, -0.2) is 0 Å². The number of para-hydroxylation sites is 1. The van der Waals surface area contributed by atoms with Gasteiger partial charge in [-0.1, -0.05) is 24.6 Å². The van der Waals surface area contributed by atoms with E-state index < -0.39 is 0 Å². The van der Waals surface area contributed by atoms with E-state index >= 15 is 0 Å². The Balaban J connectivity index is 1.81. The zero-order valence-corrected chi connectivity index (χ0v) is 11.3. The summed E-state index contributed by atoms with van der Waals surface area (Å²) in [6.07, 6.45) is 3.57. The summed E-state index contributed by atoms with van der Waals surface area (Å²) in [5.41, 5.74) is 7.07. The van der Waals surface area contributed by atoms with Crippen molar-refractivity contribution in [2.24, 2.45) is 5.73 Å². The van der Waals surface area contributed by atoms with Crippen LogP contribution in [0.2, 0.25) is 0 Å². The maximum absolute atomic E-state index is 5.77. The van der Waals surface area contributed by atoms with Crippen LogP contribution in [0.4, 0.5) is 0 Å². The molecule has 1 aliphatic rings. The van der Waals surface area contributed by atoms with Gasteiger partial charge in [0.1, 0.15) is 12.4 Å². The first-order valence-corrected chi connectivity index (χ1v) is 6.94. The Morgan fingerprint density at radius 2 is 2.17 bits per heavy atom. The van der Waals surface area contributed by atoms with Gasteiger partial charge in [-0.05, 0) is 32.4 Å². The molecule has 1 aromatic rings. The van der Waals surface area contributed by atoms with Gasteiger partial charge in [0, 0.05) is 24.7 Å². The van der Waals surface area contributed by atoms with E-state index in [-0.39, 0.29) is 0 Å². The lowest BCUT2D eigenvalue weighted by Gasteiger charge is -2.19. The van der Waals surface area contributed by atoms with Crippen LogP contribution in [0.25, 0.3) is 0 Å². The fraction of sp³-hybridized carbons (Fsp3) is 0.600. The summed E-state index contributed by atoms with van der Waals surface area (Å²) >= 11 is 0. The standard InChI is InChI=1S/C15H24N2O/c1-13(16)6-4-5-9-17-10-11-18-15-8-3-2-7-14(15)12-17/h2-3,7-8,13H,4-6,9-12,16H2,1H3. The van der Waals surface area contributed by atoms with Gasteiger partial charge in [0.25, 0.3) is 0 Å². The molecule has 0 radical (unpaired) electrons. The number of ether oxygens (including phenoxy) is 1. The van der Waals surface area contributed by atoms with Gasteiger partial charge >= 0.3 is 0 Å². The summed E-state index contributed by atoms with van der Waals surface area (Å²) < 4.78 is 5.76. The summed E-state index contributed by atoms with van der Waals surface area (Å²) in [6, 6.07) is 8.68. The van der Waals surface area contributed by atoms with Gasteiger partial charge in [0.15, 0.2) is 0 Å². The number of rotatable bonds is 5. The number of hydrogen-bond donors (Lipinski definition) is 1. The first-order valence-electron chi connectivity index (χ1n) is 6.94. The monoisotopic (exact) mass is 248 g/mol. The fourth-order valence-electron chi connectivity index (χ4n) is 2.37. The molecule has 0 fully saturated rings.